The summed E-state index contributed by atoms with van der Waals surface area (Å²) in [5.74, 6) is 2.60. The van der Waals surface area contributed by atoms with E-state index in [1.54, 1.807) is 18.5 Å². The number of rotatable bonds is 5. The van der Waals surface area contributed by atoms with Crippen molar-refractivity contribution in [3.05, 3.63) is 53.8 Å². The third-order valence-corrected chi connectivity index (χ3v) is 5.27. The molecule has 0 bridgehead atoms. The molecule has 5 heterocycles. The molecule has 0 amide bonds. The van der Waals surface area contributed by atoms with Crippen molar-refractivity contribution in [1.82, 2.24) is 29.7 Å². The first kappa shape index (κ1) is 20.6. The molecular weight excluding hydrogens is 422 g/mol. The number of aryl methyl sites for hydroxylation is 2. The molecule has 1 aliphatic rings. The molecule has 11 heteroatoms. The quantitative estimate of drug-likeness (QED) is 0.464. The largest absolute Gasteiger partial charge is 0.435 e. The molecule has 11 nitrogen and oxygen atoms in total. The van der Waals surface area contributed by atoms with Crippen molar-refractivity contribution < 1.29 is 9.47 Å². The summed E-state index contributed by atoms with van der Waals surface area (Å²) in [5.41, 5.74) is 2.81. The van der Waals surface area contributed by atoms with Gasteiger partial charge in [0.05, 0.1) is 25.2 Å². The van der Waals surface area contributed by atoms with Crippen molar-refractivity contribution in [1.29, 1.82) is 0 Å². The van der Waals surface area contributed by atoms with Crippen LogP contribution in [0.4, 0.5) is 23.1 Å². The van der Waals surface area contributed by atoms with E-state index in [1.165, 1.54) is 6.20 Å². The van der Waals surface area contributed by atoms with Gasteiger partial charge in [-0.05, 0) is 30.7 Å². The Hall–Kier alpha value is -4.30. The van der Waals surface area contributed by atoms with Gasteiger partial charge in [-0.15, -0.1) is 15.2 Å². The van der Waals surface area contributed by atoms with Crippen LogP contribution in [0.2, 0.25) is 0 Å². The van der Waals surface area contributed by atoms with Crippen LogP contribution in [0.5, 0.6) is 11.6 Å². The van der Waals surface area contributed by atoms with Gasteiger partial charge >= 0.3 is 0 Å². The lowest BCUT2D eigenvalue weighted by Gasteiger charge is -2.27. The van der Waals surface area contributed by atoms with Gasteiger partial charge in [-0.2, -0.15) is 4.98 Å². The number of fused-ring (bicyclic) bond motifs is 1. The molecule has 4 aromatic rings. The summed E-state index contributed by atoms with van der Waals surface area (Å²) < 4.78 is 13.2. The molecule has 1 saturated heterocycles. The minimum atomic E-state index is 0.316. The second kappa shape index (κ2) is 8.68. The third kappa shape index (κ3) is 4.24. The van der Waals surface area contributed by atoms with Crippen LogP contribution in [0, 0.1) is 13.5 Å². The minimum Gasteiger partial charge on any atom is -0.435 e. The second-order valence-corrected chi connectivity index (χ2v) is 7.56. The molecule has 33 heavy (non-hydrogen) atoms. The molecule has 1 aliphatic heterocycles. The van der Waals surface area contributed by atoms with E-state index < -0.39 is 0 Å². The summed E-state index contributed by atoms with van der Waals surface area (Å²) in [6.45, 7) is 11.9. The lowest BCUT2D eigenvalue weighted by Crippen LogP contribution is -2.36. The summed E-state index contributed by atoms with van der Waals surface area (Å²) in [6, 6.07) is 7.25. The van der Waals surface area contributed by atoms with Gasteiger partial charge in [-0.25, -0.2) is 4.98 Å². The summed E-state index contributed by atoms with van der Waals surface area (Å²) in [4.78, 5) is 18.6. The van der Waals surface area contributed by atoms with Gasteiger partial charge in [0, 0.05) is 26.2 Å². The van der Waals surface area contributed by atoms with Crippen LogP contribution in [-0.2, 0) is 11.8 Å². The van der Waals surface area contributed by atoms with Gasteiger partial charge in [0.15, 0.2) is 29.2 Å². The Balaban J connectivity index is 1.43. The normalized spacial score (nSPS) is 13.7. The third-order valence-electron chi connectivity index (χ3n) is 5.27. The predicted octanol–water partition coefficient (Wildman–Crippen LogP) is 3.39. The minimum absolute atomic E-state index is 0.316. The molecule has 0 spiro atoms. The average molecular weight is 443 g/mol. The maximum Gasteiger partial charge on any atom is 0.269 e. The molecule has 166 valence electrons. The van der Waals surface area contributed by atoms with E-state index in [9.17, 15) is 0 Å². The molecule has 0 aliphatic carbocycles. The Labute approximate surface area is 189 Å². The SMILES string of the molecule is [C-]#[N+]c1cc(C)c(Oc2cc(Nc3ccc(N4CCOCC4)nn3)c3ncn(C)c3n2)cn1. The van der Waals surface area contributed by atoms with Crippen LogP contribution >= 0.6 is 0 Å². The van der Waals surface area contributed by atoms with Gasteiger partial charge in [0.2, 0.25) is 5.88 Å². The van der Waals surface area contributed by atoms with Crippen molar-refractivity contribution in [3.8, 4) is 11.6 Å². The first-order chi connectivity index (χ1) is 16.1. The maximum atomic E-state index is 7.11. The highest BCUT2D eigenvalue weighted by molar-refractivity contribution is 5.88. The number of hydrogen-bond acceptors (Lipinski definition) is 9. The zero-order valence-corrected chi connectivity index (χ0v) is 18.2. The van der Waals surface area contributed by atoms with E-state index in [-0.39, 0.29) is 0 Å². The number of ether oxygens (including phenoxy) is 2. The molecule has 4 aromatic heterocycles. The standard InChI is InChI=1S/C22H21N9O2/c1-14-10-18(23-2)24-12-16(14)33-20-11-15(21-22(27-20)30(3)13-25-21)26-17-4-5-19(29-28-17)31-6-8-32-9-7-31/h4-5,10-13H,6-9H2,1,3H3,(H,26,27,28). The number of pyridine rings is 2. The molecule has 0 unspecified atom stereocenters. The van der Waals surface area contributed by atoms with Crippen LogP contribution in [0.15, 0.2) is 36.8 Å². The topological polar surface area (TPSA) is 107 Å². The Morgan fingerprint density at radius 3 is 2.73 bits per heavy atom. The molecule has 0 atom stereocenters. The molecule has 0 radical (unpaired) electrons. The Bertz CT molecular complexity index is 1340. The van der Waals surface area contributed by atoms with E-state index in [2.05, 4.69) is 40.2 Å². The summed E-state index contributed by atoms with van der Waals surface area (Å²) >= 11 is 0. The fraction of sp³-hybridized carbons (Fsp3) is 0.273. The highest BCUT2D eigenvalue weighted by Gasteiger charge is 2.16. The van der Waals surface area contributed by atoms with Crippen molar-refractivity contribution in [2.75, 3.05) is 36.5 Å². The molecule has 5 rings (SSSR count). The van der Waals surface area contributed by atoms with Crippen molar-refractivity contribution in [2.24, 2.45) is 7.05 Å². The number of nitrogens with one attached hydrogen (secondary N) is 1. The number of anilines is 3. The zero-order valence-electron chi connectivity index (χ0n) is 18.2. The molecule has 1 fully saturated rings. The van der Waals surface area contributed by atoms with E-state index in [0.29, 0.717) is 53.3 Å². The van der Waals surface area contributed by atoms with E-state index in [1.807, 2.05) is 30.7 Å². The van der Waals surface area contributed by atoms with E-state index >= 15 is 0 Å². The molecule has 0 saturated carbocycles. The summed E-state index contributed by atoms with van der Waals surface area (Å²) in [7, 11) is 1.87. The van der Waals surface area contributed by atoms with Gasteiger partial charge < -0.3 is 29.1 Å². The first-order valence-corrected chi connectivity index (χ1v) is 10.4. The smallest absolute Gasteiger partial charge is 0.269 e. The average Bonchev–Trinajstić information content (AvgIpc) is 3.22. The fourth-order valence-electron chi connectivity index (χ4n) is 3.52. The highest BCUT2D eigenvalue weighted by atomic mass is 16.5. The van der Waals surface area contributed by atoms with Gasteiger partial charge in [0.25, 0.3) is 5.82 Å². The first-order valence-electron chi connectivity index (χ1n) is 10.4. The highest BCUT2D eigenvalue weighted by Crippen LogP contribution is 2.31. The molecule has 0 aromatic carbocycles. The number of nitrogens with zero attached hydrogens (tertiary/aromatic N) is 8. The van der Waals surface area contributed by atoms with E-state index in [0.717, 1.165) is 24.5 Å². The molecule has 1 N–H and O–H groups in total. The van der Waals surface area contributed by atoms with E-state index in [4.69, 9.17) is 16.0 Å². The van der Waals surface area contributed by atoms with Gasteiger partial charge in [-0.1, -0.05) is 6.57 Å². The van der Waals surface area contributed by atoms with Gasteiger partial charge in [0.1, 0.15) is 5.52 Å². The number of hydrogen-bond donors (Lipinski definition) is 1. The van der Waals surface area contributed by atoms with Crippen molar-refractivity contribution >= 4 is 34.3 Å². The molecular formula is C22H21N9O2. The predicted molar refractivity (Wildman–Crippen MR) is 122 cm³/mol. The van der Waals surface area contributed by atoms with Crippen molar-refractivity contribution in [3.63, 3.8) is 0 Å². The summed E-state index contributed by atoms with van der Waals surface area (Å²) in [6.07, 6.45) is 3.22. The lowest BCUT2D eigenvalue weighted by atomic mass is 10.2. The Kier molecular flexibility index (Phi) is 5.42. The number of aromatic nitrogens is 6. The maximum absolute atomic E-state index is 7.11. The zero-order chi connectivity index (χ0) is 22.8. The monoisotopic (exact) mass is 443 g/mol. The Morgan fingerprint density at radius 2 is 2.00 bits per heavy atom. The van der Waals surface area contributed by atoms with Crippen LogP contribution in [0.3, 0.4) is 0 Å². The number of morpholine rings is 1. The summed E-state index contributed by atoms with van der Waals surface area (Å²) in [5, 5.41) is 12.0. The Morgan fingerprint density at radius 1 is 1.15 bits per heavy atom. The van der Waals surface area contributed by atoms with Crippen molar-refractivity contribution in [2.45, 2.75) is 6.92 Å². The van der Waals surface area contributed by atoms with Crippen LogP contribution in [-0.4, -0.2) is 56.0 Å². The van der Waals surface area contributed by atoms with Crippen LogP contribution < -0.4 is 15.0 Å². The fourth-order valence-corrected chi connectivity index (χ4v) is 3.52. The number of imidazole rings is 1. The van der Waals surface area contributed by atoms with Crippen LogP contribution in [0.1, 0.15) is 5.56 Å². The van der Waals surface area contributed by atoms with Crippen LogP contribution in [0.25, 0.3) is 16.0 Å². The lowest BCUT2D eigenvalue weighted by molar-refractivity contribution is 0.122. The second-order valence-electron chi connectivity index (χ2n) is 7.56. The van der Waals surface area contributed by atoms with Gasteiger partial charge in [-0.3, -0.25) is 0 Å².